The molecule has 1 aliphatic carbocycles. The van der Waals surface area contributed by atoms with E-state index < -0.39 is 29.8 Å². The number of benzene rings is 1. The minimum atomic E-state index is -1.20. The van der Waals surface area contributed by atoms with E-state index in [-0.39, 0.29) is 36.5 Å². The van der Waals surface area contributed by atoms with Gasteiger partial charge in [-0.15, -0.1) is 0 Å². The highest BCUT2D eigenvalue weighted by atomic mass is 19.1. The average Bonchev–Trinajstić information content (AvgIpc) is 2.91. The molecule has 1 saturated carbocycles. The molecule has 0 amide bonds. The summed E-state index contributed by atoms with van der Waals surface area (Å²) >= 11 is 0. The van der Waals surface area contributed by atoms with E-state index in [1.54, 1.807) is 13.0 Å². The standard InChI is InChI=1S/C19H17F2NO4/c1-8-14(18(23)24)16(17-13(22-8)7-26-19(17)25)11-3-2-4-12(21)15(11)9-5-10(20)6-9/h2-4,9-10,16,22H,5-7H2,1H3,(H,23,24). The molecule has 1 unspecified atom stereocenters. The topological polar surface area (TPSA) is 75.6 Å². The van der Waals surface area contributed by atoms with Crippen molar-refractivity contribution < 1.29 is 28.2 Å². The molecule has 0 bridgehead atoms. The molecule has 1 fully saturated rings. The Bertz CT molecular complexity index is 882. The van der Waals surface area contributed by atoms with Gasteiger partial charge < -0.3 is 15.2 Å². The van der Waals surface area contributed by atoms with Crippen LogP contribution in [0.5, 0.6) is 0 Å². The van der Waals surface area contributed by atoms with Gasteiger partial charge in [-0.2, -0.15) is 0 Å². The summed E-state index contributed by atoms with van der Waals surface area (Å²) in [6.07, 6.45) is -0.594. The van der Waals surface area contributed by atoms with Crippen molar-refractivity contribution in [3.05, 3.63) is 57.7 Å². The summed E-state index contributed by atoms with van der Waals surface area (Å²) in [4.78, 5) is 24.2. The van der Waals surface area contributed by atoms with E-state index in [0.29, 0.717) is 22.5 Å². The summed E-state index contributed by atoms with van der Waals surface area (Å²) in [5, 5.41) is 12.6. The lowest BCUT2D eigenvalue weighted by atomic mass is 9.71. The summed E-state index contributed by atoms with van der Waals surface area (Å²) in [6.45, 7) is 1.62. The van der Waals surface area contributed by atoms with Gasteiger partial charge >= 0.3 is 11.9 Å². The number of carbonyl (C=O) groups excluding carboxylic acids is 1. The van der Waals surface area contributed by atoms with Gasteiger partial charge in [0.05, 0.1) is 22.8 Å². The molecule has 1 aromatic rings. The van der Waals surface area contributed by atoms with Crippen LogP contribution >= 0.6 is 0 Å². The van der Waals surface area contributed by atoms with E-state index in [0.717, 1.165) is 0 Å². The van der Waals surface area contributed by atoms with E-state index in [9.17, 15) is 23.5 Å². The van der Waals surface area contributed by atoms with E-state index in [2.05, 4.69) is 5.32 Å². The largest absolute Gasteiger partial charge is 0.478 e. The van der Waals surface area contributed by atoms with Gasteiger partial charge in [0.1, 0.15) is 18.6 Å². The molecule has 5 nitrogen and oxygen atoms in total. The minimum Gasteiger partial charge on any atom is -0.478 e. The van der Waals surface area contributed by atoms with E-state index >= 15 is 0 Å². The molecule has 0 radical (unpaired) electrons. The Kier molecular flexibility index (Phi) is 3.82. The molecule has 26 heavy (non-hydrogen) atoms. The van der Waals surface area contributed by atoms with Crippen LogP contribution in [-0.2, 0) is 14.3 Å². The zero-order chi connectivity index (χ0) is 18.6. The van der Waals surface area contributed by atoms with Crippen molar-refractivity contribution in [1.82, 2.24) is 5.32 Å². The minimum absolute atomic E-state index is 0.0226. The molecule has 2 N–H and O–H groups in total. The molecule has 0 aromatic heterocycles. The van der Waals surface area contributed by atoms with Crippen LogP contribution in [0.1, 0.15) is 42.7 Å². The first kappa shape index (κ1) is 16.8. The Hall–Kier alpha value is -2.70. The van der Waals surface area contributed by atoms with E-state index in [1.807, 2.05) is 0 Å². The molecule has 136 valence electrons. The summed E-state index contributed by atoms with van der Waals surface area (Å²) in [6, 6.07) is 4.38. The quantitative estimate of drug-likeness (QED) is 0.810. The Morgan fingerprint density at radius 3 is 2.73 bits per heavy atom. The number of aliphatic carboxylic acids is 1. The molecule has 2 heterocycles. The number of hydrogen-bond acceptors (Lipinski definition) is 4. The van der Waals surface area contributed by atoms with Crippen molar-refractivity contribution in [2.45, 2.75) is 37.8 Å². The lowest BCUT2D eigenvalue weighted by Gasteiger charge is -2.35. The van der Waals surface area contributed by atoms with Crippen LogP contribution in [0.2, 0.25) is 0 Å². The third kappa shape index (κ3) is 2.41. The van der Waals surface area contributed by atoms with Gasteiger partial charge in [-0.1, -0.05) is 12.1 Å². The number of cyclic esters (lactones) is 1. The number of hydrogen-bond donors (Lipinski definition) is 2. The van der Waals surface area contributed by atoms with Crippen LogP contribution in [0.3, 0.4) is 0 Å². The molecule has 4 rings (SSSR count). The van der Waals surface area contributed by atoms with Crippen molar-refractivity contribution in [3.8, 4) is 0 Å². The summed E-state index contributed by atoms with van der Waals surface area (Å²) in [5.41, 5.74) is 1.74. The highest BCUT2D eigenvalue weighted by Crippen LogP contribution is 2.48. The van der Waals surface area contributed by atoms with Crippen molar-refractivity contribution in [1.29, 1.82) is 0 Å². The molecule has 1 atom stereocenters. The van der Waals surface area contributed by atoms with Gasteiger partial charge in [-0.05, 0) is 42.9 Å². The number of carbonyl (C=O) groups is 2. The number of carboxylic acid groups (broad SMARTS) is 1. The number of ether oxygens (including phenoxy) is 1. The van der Waals surface area contributed by atoms with Gasteiger partial charge in [-0.3, -0.25) is 0 Å². The Balaban J connectivity index is 1.92. The van der Waals surface area contributed by atoms with Crippen LogP contribution in [0.4, 0.5) is 8.78 Å². The fraction of sp³-hybridized carbons (Fsp3) is 0.368. The Morgan fingerprint density at radius 1 is 1.35 bits per heavy atom. The van der Waals surface area contributed by atoms with E-state index in [4.69, 9.17) is 4.74 Å². The number of rotatable bonds is 3. The maximum Gasteiger partial charge on any atom is 0.337 e. The number of allylic oxidation sites excluding steroid dienone is 1. The monoisotopic (exact) mass is 361 g/mol. The second-order valence-electron chi connectivity index (χ2n) is 6.88. The zero-order valence-corrected chi connectivity index (χ0v) is 14.0. The molecule has 2 aliphatic heterocycles. The number of alkyl halides is 1. The molecule has 0 saturated heterocycles. The maximum absolute atomic E-state index is 14.6. The van der Waals surface area contributed by atoms with Crippen LogP contribution in [0, 0.1) is 5.82 Å². The van der Waals surface area contributed by atoms with Crippen LogP contribution in [0.15, 0.2) is 40.7 Å². The number of carboxylic acids is 1. The molecular formula is C19H17F2NO4. The smallest absolute Gasteiger partial charge is 0.337 e. The van der Waals surface area contributed by atoms with Crippen molar-refractivity contribution in [2.24, 2.45) is 0 Å². The first-order valence-corrected chi connectivity index (χ1v) is 8.42. The Labute approximate surface area is 148 Å². The van der Waals surface area contributed by atoms with Gasteiger partial charge in [0.25, 0.3) is 0 Å². The first-order chi connectivity index (χ1) is 12.4. The number of esters is 1. The molecule has 3 aliphatic rings. The third-order valence-electron chi connectivity index (χ3n) is 5.33. The fourth-order valence-electron chi connectivity index (χ4n) is 4.08. The van der Waals surface area contributed by atoms with Gasteiger partial charge in [0, 0.05) is 5.70 Å². The highest BCUT2D eigenvalue weighted by molar-refractivity contribution is 6.00. The Morgan fingerprint density at radius 2 is 2.08 bits per heavy atom. The summed E-state index contributed by atoms with van der Waals surface area (Å²) < 4.78 is 33.1. The van der Waals surface area contributed by atoms with Crippen LogP contribution in [0.25, 0.3) is 0 Å². The van der Waals surface area contributed by atoms with E-state index in [1.165, 1.54) is 12.1 Å². The second-order valence-corrected chi connectivity index (χ2v) is 6.88. The fourth-order valence-corrected chi connectivity index (χ4v) is 4.08. The van der Waals surface area contributed by atoms with Crippen molar-refractivity contribution >= 4 is 11.9 Å². The SMILES string of the molecule is CC1=C(C(=O)O)C(c2cccc(F)c2C2CC(F)C2)C2=C(COC2=O)N1. The van der Waals surface area contributed by atoms with Gasteiger partial charge in [0.2, 0.25) is 0 Å². The van der Waals surface area contributed by atoms with Crippen molar-refractivity contribution in [2.75, 3.05) is 6.61 Å². The normalized spacial score (nSPS) is 27.7. The number of nitrogens with one attached hydrogen (secondary N) is 1. The second kappa shape index (κ2) is 5.93. The maximum atomic E-state index is 14.6. The summed E-state index contributed by atoms with van der Waals surface area (Å²) in [7, 11) is 0. The lowest BCUT2D eigenvalue weighted by molar-refractivity contribution is -0.136. The van der Waals surface area contributed by atoms with Crippen molar-refractivity contribution in [3.63, 3.8) is 0 Å². The van der Waals surface area contributed by atoms with Crippen LogP contribution < -0.4 is 5.32 Å². The average molecular weight is 361 g/mol. The highest BCUT2D eigenvalue weighted by Gasteiger charge is 2.44. The molecule has 0 spiro atoms. The van der Waals surface area contributed by atoms with Gasteiger partial charge in [0.15, 0.2) is 0 Å². The number of halogens is 2. The summed E-state index contributed by atoms with van der Waals surface area (Å²) in [5.74, 6) is -3.58. The lowest BCUT2D eigenvalue weighted by Crippen LogP contribution is -2.31. The number of dihydropyridines is 1. The molecule has 1 aromatic carbocycles. The first-order valence-electron chi connectivity index (χ1n) is 8.42. The molecule has 7 heteroatoms. The zero-order valence-electron chi connectivity index (χ0n) is 14.0. The van der Waals surface area contributed by atoms with Gasteiger partial charge in [-0.25, -0.2) is 18.4 Å². The predicted molar refractivity (Wildman–Crippen MR) is 87.5 cm³/mol. The third-order valence-corrected chi connectivity index (χ3v) is 5.33. The van der Waals surface area contributed by atoms with Crippen LogP contribution in [-0.4, -0.2) is 29.8 Å². The predicted octanol–water partition coefficient (Wildman–Crippen LogP) is 2.90. The molecular weight excluding hydrogens is 344 g/mol.